The first-order valence-electron chi connectivity index (χ1n) is 6.77. The van der Waals surface area contributed by atoms with Gasteiger partial charge in [0.15, 0.2) is 0 Å². The Morgan fingerprint density at radius 2 is 2.00 bits per heavy atom. The van der Waals surface area contributed by atoms with Crippen LogP contribution in [0.3, 0.4) is 0 Å². The van der Waals surface area contributed by atoms with Crippen LogP contribution in [0, 0.1) is 0 Å². The number of benzene rings is 1. The molecule has 1 aromatic heterocycles. The lowest BCUT2D eigenvalue weighted by molar-refractivity contribution is -0.120. The van der Waals surface area contributed by atoms with E-state index in [9.17, 15) is 9.59 Å². The summed E-state index contributed by atoms with van der Waals surface area (Å²) < 4.78 is 0. The third-order valence-electron chi connectivity index (χ3n) is 3.20. The van der Waals surface area contributed by atoms with Gasteiger partial charge in [0, 0.05) is 30.1 Å². The van der Waals surface area contributed by atoms with E-state index in [1.807, 2.05) is 30.5 Å². The molecule has 0 saturated heterocycles. The predicted molar refractivity (Wildman–Crippen MR) is 78.1 cm³/mol. The van der Waals surface area contributed by atoms with Crippen LogP contribution in [0.2, 0.25) is 0 Å². The summed E-state index contributed by atoms with van der Waals surface area (Å²) in [7, 11) is 0. The van der Waals surface area contributed by atoms with Crippen LogP contribution in [0.4, 0.5) is 0 Å². The second kappa shape index (κ2) is 6.75. The van der Waals surface area contributed by atoms with Crippen molar-refractivity contribution >= 4 is 22.7 Å². The van der Waals surface area contributed by atoms with E-state index in [4.69, 9.17) is 5.73 Å². The molecule has 0 aliphatic heterocycles. The zero-order valence-electron chi connectivity index (χ0n) is 11.3. The largest absolute Gasteiger partial charge is 0.370 e. The van der Waals surface area contributed by atoms with Crippen molar-refractivity contribution in [3.63, 3.8) is 0 Å². The van der Waals surface area contributed by atoms with Crippen LogP contribution in [0.1, 0.15) is 24.8 Å². The van der Waals surface area contributed by atoms with Gasteiger partial charge in [-0.15, -0.1) is 0 Å². The molecule has 0 aliphatic rings. The van der Waals surface area contributed by atoms with E-state index in [1.165, 1.54) is 0 Å². The number of para-hydroxylation sites is 1. The molecule has 20 heavy (non-hydrogen) atoms. The van der Waals surface area contributed by atoms with Crippen molar-refractivity contribution in [2.24, 2.45) is 5.73 Å². The molecular weight excluding hydrogens is 254 g/mol. The summed E-state index contributed by atoms with van der Waals surface area (Å²) in [6.07, 6.45) is 4.08. The highest BCUT2D eigenvalue weighted by molar-refractivity contribution is 5.88. The first kappa shape index (κ1) is 14.1. The maximum atomic E-state index is 11.8. The molecule has 0 bridgehead atoms. The fourth-order valence-electron chi connectivity index (χ4n) is 2.17. The standard InChI is InChI=1S/C15H19N3O2/c16-14(19)7-3-4-8-17-15(20)9-11-10-18-13-6-2-1-5-12(11)13/h1-2,5-6,10,18H,3-4,7-9H2,(H2,16,19)(H,17,20). The minimum Gasteiger partial charge on any atom is -0.370 e. The Morgan fingerprint density at radius 1 is 1.20 bits per heavy atom. The minimum atomic E-state index is -0.296. The number of nitrogens with two attached hydrogens (primary N) is 1. The number of carbonyl (C=O) groups is 2. The monoisotopic (exact) mass is 273 g/mol. The molecule has 4 N–H and O–H groups in total. The third-order valence-corrected chi connectivity index (χ3v) is 3.20. The molecular formula is C15H19N3O2. The average molecular weight is 273 g/mol. The highest BCUT2D eigenvalue weighted by Crippen LogP contribution is 2.17. The van der Waals surface area contributed by atoms with Crippen LogP contribution in [0.15, 0.2) is 30.5 Å². The zero-order chi connectivity index (χ0) is 14.4. The topological polar surface area (TPSA) is 88.0 Å². The van der Waals surface area contributed by atoms with Crippen LogP contribution in [-0.4, -0.2) is 23.3 Å². The van der Waals surface area contributed by atoms with E-state index >= 15 is 0 Å². The molecule has 0 spiro atoms. The molecule has 1 heterocycles. The van der Waals surface area contributed by atoms with Gasteiger partial charge in [-0.2, -0.15) is 0 Å². The van der Waals surface area contributed by atoms with Gasteiger partial charge in [-0.05, 0) is 24.5 Å². The second-order valence-electron chi connectivity index (χ2n) is 4.81. The Balaban J connectivity index is 1.78. The third kappa shape index (κ3) is 3.85. The van der Waals surface area contributed by atoms with Gasteiger partial charge >= 0.3 is 0 Å². The van der Waals surface area contributed by atoms with Crippen molar-refractivity contribution < 1.29 is 9.59 Å². The lowest BCUT2D eigenvalue weighted by atomic mass is 10.1. The van der Waals surface area contributed by atoms with Crippen LogP contribution >= 0.6 is 0 Å². The van der Waals surface area contributed by atoms with Gasteiger partial charge in [0.25, 0.3) is 0 Å². The number of aromatic nitrogens is 1. The summed E-state index contributed by atoms with van der Waals surface area (Å²) in [5.74, 6) is -0.302. The molecule has 2 aromatic rings. The number of hydrogen-bond donors (Lipinski definition) is 3. The van der Waals surface area contributed by atoms with E-state index < -0.39 is 0 Å². The highest BCUT2D eigenvalue weighted by atomic mass is 16.1. The zero-order valence-corrected chi connectivity index (χ0v) is 11.3. The molecule has 0 fully saturated rings. The molecule has 5 heteroatoms. The molecule has 1 aromatic carbocycles. The Labute approximate surface area is 117 Å². The fourth-order valence-corrected chi connectivity index (χ4v) is 2.17. The average Bonchev–Trinajstić information content (AvgIpc) is 2.81. The van der Waals surface area contributed by atoms with Gasteiger partial charge in [-0.25, -0.2) is 0 Å². The van der Waals surface area contributed by atoms with E-state index in [2.05, 4.69) is 10.3 Å². The summed E-state index contributed by atoms with van der Waals surface area (Å²) >= 11 is 0. The molecule has 5 nitrogen and oxygen atoms in total. The predicted octanol–water partition coefficient (Wildman–Crippen LogP) is 1.48. The molecule has 0 atom stereocenters. The number of carbonyl (C=O) groups excluding carboxylic acids is 2. The highest BCUT2D eigenvalue weighted by Gasteiger charge is 2.07. The van der Waals surface area contributed by atoms with Crippen LogP contribution in [-0.2, 0) is 16.0 Å². The molecule has 0 saturated carbocycles. The van der Waals surface area contributed by atoms with E-state index in [0.717, 1.165) is 22.9 Å². The molecule has 0 unspecified atom stereocenters. The van der Waals surface area contributed by atoms with Crippen LogP contribution in [0.5, 0.6) is 0 Å². The van der Waals surface area contributed by atoms with Gasteiger partial charge < -0.3 is 16.0 Å². The summed E-state index contributed by atoms with van der Waals surface area (Å²) in [4.78, 5) is 25.5. The quantitative estimate of drug-likeness (QED) is 0.667. The lowest BCUT2D eigenvalue weighted by Gasteiger charge is -2.04. The number of nitrogens with one attached hydrogen (secondary N) is 2. The molecule has 2 amide bonds. The summed E-state index contributed by atoms with van der Waals surface area (Å²) in [6, 6.07) is 7.91. The lowest BCUT2D eigenvalue weighted by Crippen LogP contribution is -2.26. The molecule has 2 rings (SSSR count). The number of fused-ring (bicyclic) bond motifs is 1. The number of rotatable bonds is 7. The Kier molecular flexibility index (Phi) is 4.76. The molecule has 0 radical (unpaired) electrons. The van der Waals surface area contributed by atoms with Crippen molar-refractivity contribution in [1.82, 2.24) is 10.3 Å². The van der Waals surface area contributed by atoms with Crippen molar-refractivity contribution in [3.8, 4) is 0 Å². The minimum absolute atomic E-state index is 0.00571. The van der Waals surface area contributed by atoms with Crippen molar-refractivity contribution in [1.29, 1.82) is 0 Å². The van der Waals surface area contributed by atoms with Crippen LogP contribution < -0.4 is 11.1 Å². The van der Waals surface area contributed by atoms with Crippen molar-refractivity contribution in [2.75, 3.05) is 6.54 Å². The Bertz CT molecular complexity index is 604. The summed E-state index contributed by atoms with van der Waals surface area (Å²) in [5, 5.41) is 3.93. The van der Waals surface area contributed by atoms with Crippen molar-refractivity contribution in [3.05, 3.63) is 36.0 Å². The fraction of sp³-hybridized carbons (Fsp3) is 0.333. The smallest absolute Gasteiger partial charge is 0.224 e. The number of amides is 2. The number of unbranched alkanes of at least 4 members (excludes halogenated alkanes) is 1. The normalized spacial score (nSPS) is 10.6. The van der Waals surface area contributed by atoms with Gasteiger partial charge in [-0.3, -0.25) is 9.59 Å². The number of hydrogen-bond acceptors (Lipinski definition) is 2. The maximum Gasteiger partial charge on any atom is 0.224 e. The van der Waals surface area contributed by atoms with E-state index in [1.54, 1.807) is 0 Å². The number of primary amides is 1. The van der Waals surface area contributed by atoms with Gasteiger partial charge in [0.05, 0.1) is 6.42 Å². The maximum absolute atomic E-state index is 11.8. The van der Waals surface area contributed by atoms with E-state index in [0.29, 0.717) is 25.8 Å². The van der Waals surface area contributed by atoms with Crippen LogP contribution in [0.25, 0.3) is 10.9 Å². The first-order chi connectivity index (χ1) is 9.66. The van der Waals surface area contributed by atoms with Gasteiger partial charge in [0.2, 0.25) is 11.8 Å². The van der Waals surface area contributed by atoms with E-state index in [-0.39, 0.29) is 11.8 Å². The number of H-pyrrole nitrogens is 1. The van der Waals surface area contributed by atoms with Gasteiger partial charge in [0.1, 0.15) is 0 Å². The summed E-state index contributed by atoms with van der Waals surface area (Å²) in [5.41, 5.74) is 7.08. The Morgan fingerprint density at radius 3 is 2.80 bits per heavy atom. The van der Waals surface area contributed by atoms with Gasteiger partial charge in [-0.1, -0.05) is 18.2 Å². The SMILES string of the molecule is NC(=O)CCCCNC(=O)Cc1c[nH]c2ccccc12. The number of aromatic amines is 1. The van der Waals surface area contributed by atoms with Crippen molar-refractivity contribution in [2.45, 2.75) is 25.7 Å². The molecule has 106 valence electrons. The second-order valence-corrected chi connectivity index (χ2v) is 4.81. The Hall–Kier alpha value is -2.30. The summed E-state index contributed by atoms with van der Waals surface area (Å²) in [6.45, 7) is 0.578. The first-order valence-corrected chi connectivity index (χ1v) is 6.77. The molecule has 0 aliphatic carbocycles.